The maximum absolute atomic E-state index is 12.0. The molecule has 1 amide bonds. The summed E-state index contributed by atoms with van der Waals surface area (Å²) in [5.41, 5.74) is 0. The van der Waals surface area contributed by atoms with E-state index in [2.05, 4.69) is 4.90 Å². The summed E-state index contributed by atoms with van der Waals surface area (Å²) in [4.78, 5) is 27.1. The van der Waals surface area contributed by atoms with Crippen LogP contribution in [0.5, 0.6) is 0 Å². The van der Waals surface area contributed by atoms with Gasteiger partial charge in [-0.25, -0.2) is 0 Å². The number of carboxylic acid groups (broad SMARTS) is 1. The van der Waals surface area contributed by atoms with Gasteiger partial charge in [0.2, 0.25) is 5.91 Å². The minimum Gasteiger partial charge on any atom is -0.481 e. The van der Waals surface area contributed by atoms with Crippen molar-refractivity contribution in [3.63, 3.8) is 0 Å². The molecule has 2 saturated heterocycles. The highest BCUT2D eigenvalue weighted by Crippen LogP contribution is 2.17. The first kappa shape index (κ1) is 14.3. The predicted molar refractivity (Wildman–Crippen MR) is 71.8 cm³/mol. The highest BCUT2D eigenvalue weighted by atomic mass is 16.4. The number of aliphatic carboxylic acids is 1. The van der Waals surface area contributed by atoms with Crippen LogP contribution in [0.1, 0.15) is 38.5 Å². The van der Waals surface area contributed by atoms with Gasteiger partial charge >= 0.3 is 5.97 Å². The minimum absolute atomic E-state index is 0.186. The van der Waals surface area contributed by atoms with Gasteiger partial charge in [-0.3, -0.25) is 9.59 Å². The lowest BCUT2D eigenvalue weighted by Gasteiger charge is -2.31. The van der Waals surface area contributed by atoms with Gasteiger partial charge < -0.3 is 14.9 Å². The number of hydrogen-bond acceptors (Lipinski definition) is 3. The fraction of sp³-hybridized carbons (Fsp3) is 0.857. The Labute approximate surface area is 114 Å². The normalized spacial score (nSPS) is 22.4. The molecule has 19 heavy (non-hydrogen) atoms. The second kappa shape index (κ2) is 6.89. The molecule has 5 nitrogen and oxygen atoms in total. The molecule has 0 atom stereocenters. The monoisotopic (exact) mass is 268 g/mol. The highest BCUT2D eigenvalue weighted by Gasteiger charge is 2.25. The number of carbonyl (C=O) groups excluding carboxylic acids is 1. The zero-order valence-corrected chi connectivity index (χ0v) is 11.5. The van der Waals surface area contributed by atoms with E-state index in [0.717, 1.165) is 45.6 Å². The lowest BCUT2D eigenvalue weighted by molar-refractivity contribution is -0.143. The molecule has 2 fully saturated rings. The van der Waals surface area contributed by atoms with Crippen molar-refractivity contribution < 1.29 is 14.7 Å². The fourth-order valence-electron chi connectivity index (χ4n) is 2.96. The van der Waals surface area contributed by atoms with Crippen molar-refractivity contribution in [1.82, 2.24) is 9.80 Å². The summed E-state index contributed by atoms with van der Waals surface area (Å²) < 4.78 is 0. The molecule has 2 rings (SSSR count). The second-order valence-electron chi connectivity index (χ2n) is 5.65. The summed E-state index contributed by atoms with van der Waals surface area (Å²) in [5, 5.41) is 8.93. The molecule has 2 aliphatic rings. The van der Waals surface area contributed by atoms with Gasteiger partial charge in [0.05, 0.1) is 5.92 Å². The number of likely N-dealkylation sites (tertiary alicyclic amines) is 2. The first-order valence-electron chi connectivity index (χ1n) is 7.40. The van der Waals surface area contributed by atoms with Gasteiger partial charge in [-0.2, -0.15) is 0 Å². The first-order chi connectivity index (χ1) is 9.16. The van der Waals surface area contributed by atoms with Crippen molar-refractivity contribution in [2.75, 3.05) is 32.7 Å². The van der Waals surface area contributed by atoms with Crippen molar-refractivity contribution in [2.45, 2.75) is 38.5 Å². The molecule has 0 aromatic rings. The Bertz CT molecular complexity index is 319. The maximum atomic E-state index is 12.0. The van der Waals surface area contributed by atoms with Crippen molar-refractivity contribution in [1.29, 1.82) is 0 Å². The zero-order chi connectivity index (χ0) is 13.7. The molecule has 0 bridgehead atoms. The van der Waals surface area contributed by atoms with E-state index in [1.54, 1.807) is 0 Å². The van der Waals surface area contributed by atoms with Crippen LogP contribution in [-0.4, -0.2) is 59.5 Å². The Morgan fingerprint density at radius 2 is 1.63 bits per heavy atom. The SMILES string of the molecule is O=C(O)C1CCN(CCC(=O)N2CCCCC2)CC1. The van der Waals surface area contributed by atoms with E-state index in [4.69, 9.17) is 5.11 Å². The second-order valence-corrected chi connectivity index (χ2v) is 5.65. The molecule has 108 valence electrons. The molecule has 0 unspecified atom stereocenters. The van der Waals surface area contributed by atoms with Crippen molar-refractivity contribution in [2.24, 2.45) is 5.92 Å². The predicted octanol–water partition coefficient (Wildman–Crippen LogP) is 1.19. The number of piperidine rings is 2. The molecule has 2 aliphatic heterocycles. The van der Waals surface area contributed by atoms with Gasteiger partial charge in [-0.05, 0) is 45.2 Å². The van der Waals surface area contributed by atoms with Crippen LogP contribution >= 0.6 is 0 Å². The van der Waals surface area contributed by atoms with Crippen LogP contribution in [0.3, 0.4) is 0 Å². The molecule has 0 aliphatic carbocycles. The highest BCUT2D eigenvalue weighted by molar-refractivity contribution is 5.76. The lowest BCUT2D eigenvalue weighted by Crippen LogP contribution is -2.40. The van der Waals surface area contributed by atoms with E-state index in [0.29, 0.717) is 19.3 Å². The first-order valence-corrected chi connectivity index (χ1v) is 7.40. The van der Waals surface area contributed by atoms with Gasteiger partial charge in [0.25, 0.3) is 0 Å². The quantitative estimate of drug-likeness (QED) is 0.832. The number of amides is 1. The van der Waals surface area contributed by atoms with Crippen LogP contribution < -0.4 is 0 Å². The summed E-state index contributed by atoms with van der Waals surface area (Å²) in [5.74, 6) is -0.599. The topological polar surface area (TPSA) is 60.9 Å². The average molecular weight is 268 g/mol. The molecular formula is C14H24N2O3. The lowest BCUT2D eigenvalue weighted by atomic mass is 9.97. The van der Waals surface area contributed by atoms with E-state index in [1.807, 2.05) is 4.90 Å². The summed E-state index contributed by atoms with van der Waals surface area (Å²) in [7, 11) is 0. The van der Waals surface area contributed by atoms with E-state index in [9.17, 15) is 9.59 Å². The summed E-state index contributed by atoms with van der Waals surface area (Å²) in [6.07, 6.45) is 5.52. The van der Waals surface area contributed by atoms with Crippen molar-refractivity contribution in [3.8, 4) is 0 Å². The van der Waals surface area contributed by atoms with Crippen LogP contribution in [0.4, 0.5) is 0 Å². The van der Waals surface area contributed by atoms with Crippen LogP contribution in [0.2, 0.25) is 0 Å². The zero-order valence-electron chi connectivity index (χ0n) is 11.5. The van der Waals surface area contributed by atoms with Crippen LogP contribution in [0, 0.1) is 5.92 Å². The van der Waals surface area contributed by atoms with Crippen molar-refractivity contribution >= 4 is 11.9 Å². The molecule has 0 spiro atoms. The summed E-state index contributed by atoms with van der Waals surface area (Å²) in [6.45, 7) is 4.23. The Kier molecular flexibility index (Phi) is 5.19. The number of carboxylic acids is 1. The van der Waals surface area contributed by atoms with Crippen LogP contribution in [0.25, 0.3) is 0 Å². The summed E-state index contributed by atoms with van der Waals surface area (Å²) in [6, 6.07) is 0. The fourth-order valence-corrected chi connectivity index (χ4v) is 2.96. The van der Waals surface area contributed by atoms with Gasteiger partial charge in [0, 0.05) is 26.1 Å². The molecule has 2 heterocycles. The minimum atomic E-state index is -0.677. The van der Waals surface area contributed by atoms with Crippen LogP contribution in [-0.2, 0) is 9.59 Å². The molecule has 0 aromatic heterocycles. The molecular weight excluding hydrogens is 244 g/mol. The standard InChI is InChI=1S/C14H24N2O3/c17-13(16-7-2-1-3-8-16)6-11-15-9-4-12(5-10-15)14(18)19/h12H,1-11H2,(H,18,19). The van der Waals surface area contributed by atoms with Crippen LogP contribution in [0.15, 0.2) is 0 Å². The van der Waals surface area contributed by atoms with E-state index in [1.165, 1.54) is 6.42 Å². The summed E-state index contributed by atoms with van der Waals surface area (Å²) >= 11 is 0. The van der Waals surface area contributed by atoms with Crippen molar-refractivity contribution in [3.05, 3.63) is 0 Å². The smallest absolute Gasteiger partial charge is 0.306 e. The Morgan fingerprint density at radius 3 is 2.21 bits per heavy atom. The van der Waals surface area contributed by atoms with Gasteiger partial charge in [-0.15, -0.1) is 0 Å². The third-order valence-electron chi connectivity index (χ3n) is 4.29. The van der Waals surface area contributed by atoms with E-state index in [-0.39, 0.29) is 11.8 Å². The third-order valence-corrected chi connectivity index (χ3v) is 4.29. The number of rotatable bonds is 4. The third kappa shape index (κ3) is 4.20. The molecule has 5 heteroatoms. The number of nitrogens with zero attached hydrogens (tertiary/aromatic N) is 2. The molecule has 0 aromatic carbocycles. The molecule has 1 N–H and O–H groups in total. The maximum Gasteiger partial charge on any atom is 0.306 e. The average Bonchev–Trinajstić information content (AvgIpc) is 2.46. The van der Waals surface area contributed by atoms with E-state index < -0.39 is 5.97 Å². The Balaban J connectivity index is 1.66. The van der Waals surface area contributed by atoms with Gasteiger partial charge in [0.15, 0.2) is 0 Å². The largest absolute Gasteiger partial charge is 0.481 e. The Hall–Kier alpha value is -1.10. The number of carbonyl (C=O) groups is 2. The van der Waals surface area contributed by atoms with Gasteiger partial charge in [0.1, 0.15) is 0 Å². The van der Waals surface area contributed by atoms with E-state index >= 15 is 0 Å². The Morgan fingerprint density at radius 1 is 1.00 bits per heavy atom. The molecule has 0 saturated carbocycles. The van der Waals surface area contributed by atoms with Gasteiger partial charge in [-0.1, -0.05) is 0 Å². The molecule has 0 radical (unpaired) electrons. The number of hydrogen-bond donors (Lipinski definition) is 1.